The summed E-state index contributed by atoms with van der Waals surface area (Å²) in [6, 6.07) is 16.6. The predicted molar refractivity (Wildman–Crippen MR) is 146 cm³/mol. The topological polar surface area (TPSA) is 38.3 Å². The van der Waals surface area contributed by atoms with Gasteiger partial charge in [0.25, 0.3) is 0 Å². The molecule has 3 nitrogen and oxygen atoms in total. The fourth-order valence-corrected chi connectivity index (χ4v) is 5.12. The van der Waals surface area contributed by atoms with E-state index in [1.165, 1.54) is 56.1 Å². The van der Waals surface area contributed by atoms with Crippen molar-refractivity contribution < 1.29 is 9.53 Å². The van der Waals surface area contributed by atoms with Crippen LogP contribution in [-0.4, -0.2) is 30.6 Å². The molecule has 0 amide bonds. The van der Waals surface area contributed by atoms with Crippen molar-refractivity contribution in [3.05, 3.63) is 59.7 Å². The molecule has 1 N–H and O–H groups in total. The first-order valence-electron chi connectivity index (χ1n) is 13.1. The number of nitrogens with one attached hydrogen (secondary N) is 1. The molecular formula is C31H47NO2. The number of carbonyl (C=O) groups excluding carboxylic acids is 1. The molecule has 0 atom stereocenters. The molecule has 2 aromatic carbocycles. The van der Waals surface area contributed by atoms with E-state index in [1.807, 2.05) is 31.4 Å². The third kappa shape index (κ3) is 10.1. The van der Waals surface area contributed by atoms with Gasteiger partial charge < -0.3 is 10.1 Å². The number of hydrogen-bond acceptors (Lipinski definition) is 3. The van der Waals surface area contributed by atoms with Crippen LogP contribution in [0.2, 0.25) is 0 Å². The molecule has 1 aliphatic rings. The van der Waals surface area contributed by atoms with Crippen molar-refractivity contribution in [1.82, 2.24) is 5.32 Å². The minimum Gasteiger partial charge on any atom is -0.381 e. The standard InChI is InChI=1S/C21H26O.C10H21NO/c1-2-3-4-5-6-7-8-18-9-13-20(14-10-18)21-15-11-19(17-22)12-16-21;1-9(2)6-8(12-5)7-10(3,4)11-9/h9-17H,2-8H2,1H3;8,11H,6-7H2,1-5H3. The van der Waals surface area contributed by atoms with Crippen LogP contribution in [0.15, 0.2) is 48.5 Å². The van der Waals surface area contributed by atoms with Crippen molar-refractivity contribution in [2.75, 3.05) is 7.11 Å². The molecular weight excluding hydrogens is 418 g/mol. The molecule has 0 unspecified atom stereocenters. The van der Waals surface area contributed by atoms with Gasteiger partial charge in [0, 0.05) is 23.8 Å². The van der Waals surface area contributed by atoms with Crippen LogP contribution >= 0.6 is 0 Å². The van der Waals surface area contributed by atoms with Gasteiger partial charge in [-0.05, 0) is 70.1 Å². The monoisotopic (exact) mass is 465 g/mol. The van der Waals surface area contributed by atoms with Crippen molar-refractivity contribution >= 4 is 6.29 Å². The van der Waals surface area contributed by atoms with Crippen LogP contribution in [0.3, 0.4) is 0 Å². The number of hydrogen-bond donors (Lipinski definition) is 1. The zero-order chi connectivity index (χ0) is 25.0. The highest BCUT2D eigenvalue weighted by Gasteiger charge is 2.37. The molecule has 1 saturated heterocycles. The van der Waals surface area contributed by atoms with E-state index >= 15 is 0 Å². The van der Waals surface area contributed by atoms with Crippen molar-refractivity contribution in [2.45, 2.75) is 110 Å². The predicted octanol–water partition coefficient (Wildman–Crippen LogP) is 8.01. The maximum atomic E-state index is 10.7. The Balaban J connectivity index is 0.000000287. The third-order valence-corrected chi connectivity index (χ3v) is 6.64. The SMILES string of the molecule is CCCCCCCCc1ccc(-c2ccc(C=O)cc2)cc1.COC1CC(C)(C)NC(C)(C)C1. The fourth-order valence-electron chi connectivity index (χ4n) is 5.12. The van der Waals surface area contributed by atoms with Crippen LogP contribution < -0.4 is 5.32 Å². The summed E-state index contributed by atoms with van der Waals surface area (Å²) >= 11 is 0. The molecule has 0 bridgehead atoms. The Hall–Kier alpha value is -1.97. The lowest BCUT2D eigenvalue weighted by molar-refractivity contribution is 0.00596. The second-order valence-electron chi connectivity index (χ2n) is 11.1. The molecule has 0 radical (unpaired) electrons. The second-order valence-corrected chi connectivity index (χ2v) is 11.1. The molecule has 2 aromatic rings. The fraction of sp³-hybridized carbons (Fsp3) is 0.581. The van der Waals surface area contributed by atoms with E-state index in [-0.39, 0.29) is 11.1 Å². The summed E-state index contributed by atoms with van der Waals surface area (Å²) in [6.45, 7) is 11.2. The average molecular weight is 466 g/mol. The van der Waals surface area contributed by atoms with Crippen LogP contribution in [0.25, 0.3) is 11.1 Å². The van der Waals surface area contributed by atoms with Crippen LogP contribution in [0.1, 0.15) is 102 Å². The van der Waals surface area contributed by atoms with E-state index in [1.54, 1.807) is 0 Å². The van der Waals surface area contributed by atoms with Crippen molar-refractivity contribution in [2.24, 2.45) is 0 Å². The number of ether oxygens (including phenoxy) is 1. The van der Waals surface area contributed by atoms with Gasteiger partial charge in [-0.1, -0.05) is 87.6 Å². The molecule has 1 fully saturated rings. The number of methoxy groups -OCH3 is 1. The van der Waals surface area contributed by atoms with Gasteiger partial charge in [-0.2, -0.15) is 0 Å². The first-order chi connectivity index (χ1) is 16.2. The lowest BCUT2D eigenvalue weighted by Gasteiger charge is -2.45. The third-order valence-electron chi connectivity index (χ3n) is 6.64. The number of aryl methyl sites for hydroxylation is 1. The number of rotatable bonds is 10. The summed E-state index contributed by atoms with van der Waals surface area (Å²) < 4.78 is 5.42. The molecule has 1 heterocycles. The molecule has 188 valence electrons. The van der Waals surface area contributed by atoms with Gasteiger partial charge in [-0.15, -0.1) is 0 Å². The lowest BCUT2D eigenvalue weighted by atomic mass is 9.81. The lowest BCUT2D eigenvalue weighted by Crippen LogP contribution is -2.59. The quantitative estimate of drug-likeness (QED) is 0.285. The van der Waals surface area contributed by atoms with E-state index < -0.39 is 0 Å². The summed E-state index contributed by atoms with van der Waals surface area (Å²) in [5.74, 6) is 0. The Morgan fingerprint density at radius 3 is 1.82 bits per heavy atom. The van der Waals surface area contributed by atoms with Gasteiger partial charge in [0.15, 0.2) is 0 Å². The van der Waals surface area contributed by atoms with Crippen LogP contribution in [0, 0.1) is 0 Å². The highest BCUT2D eigenvalue weighted by Crippen LogP contribution is 2.29. The molecule has 0 aromatic heterocycles. The van der Waals surface area contributed by atoms with E-state index in [2.05, 4.69) is 64.2 Å². The highest BCUT2D eigenvalue weighted by molar-refractivity contribution is 5.76. The maximum absolute atomic E-state index is 10.7. The minimum absolute atomic E-state index is 0.211. The Kier molecular flexibility index (Phi) is 11.5. The first kappa shape index (κ1) is 28.3. The molecule has 3 rings (SSSR count). The Morgan fingerprint density at radius 1 is 0.824 bits per heavy atom. The van der Waals surface area contributed by atoms with E-state index in [0.717, 1.165) is 30.3 Å². The molecule has 34 heavy (non-hydrogen) atoms. The van der Waals surface area contributed by atoms with Crippen LogP contribution in [-0.2, 0) is 11.2 Å². The number of carbonyl (C=O) groups is 1. The Labute approximate surface area is 208 Å². The zero-order valence-electron chi connectivity index (χ0n) is 22.5. The highest BCUT2D eigenvalue weighted by atomic mass is 16.5. The van der Waals surface area contributed by atoms with Gasteiger partial charge in [0.1, 0.15) is 6.29 Å². The summed E-state index contributed by atoms with van der Waals surface area (Å²) in [4.78, 5) is 10.7. The van der Waals surface area contributed by atoms with Crippen molar-refractivity contribution in [1.29, 1.82) is 0 Å². The summed E-state index contributed by atoms with van der Waals surface area (Å²) in [6.07, 6.45) is 12.8. The molecule has 0 saturated carbocycles. The molecule has 1 aliphatic heterocycles. The number of unbranched alkanes of at least 4 members (excludes halogenated alkanes) is 5. The van der Waals surface area contributed by atoms with Gasteiger partial charge in [-0.25, -0.2) is 0 Å². The van der Waals surface area contributed by atoms with Gasteiger partial charge in [-0.3, -0.25) is 4.79 Å². The second kappa shape index (κ2) is 13.8. The largest absolute Gasteiger partial charge is 0.381 e. The van der Waals surface area contributed by atoms with Gasteiger partial charge in [0.2, 0.25) is 0 Å². The van der Waals surface area contributed by atoms with Crippen LogP contribution in [0.4, 0.5) is 0 Å². The smallest absolute Gasteiger partial charge is 0.150 e. The molecule has 0 spiro atoms. The Morgan fingerprint density at radius 2 is 1.32 bits per heavy atom. The number of piperidine rings is 1. The van der Waals surface area contributed by atoms with Gasteiger partial charge in [0.05, 0.1) is 6.10 Å². The van der Waals surface area contributed by atoms with E-state index in [0.29, 0.717) is 6.10 Å². The van der Waals surface area contributed by atoms with E-state index in [4.69, 9.17) is 4.74 Å². The van der Waals surface area contributed by atoms with Crippen LogP contribution in [0.5, 0.6) is 0 Å². The number of aldehydes is 1. The van der Waals surface area contributed by atoms with E-state index in [9.17, 15) is 4.79 Å². The zero-order valence-corrected chi connectivity index (χ0v) is 22.5. The maximum Gasteiger partial charge on any atom is 0.150 e. The van der Waals surface area contributed by atoms with Crippen molar-refractivity contribution in [3.8, 4) is 11.1 Å². The summed E-state index contributed by atoms with van der Waals surface area (Å²) in [5.41, 5.74) is 4.94. The molecule has 3 heteroatoms. The molecule has 0 aliphatic carbocycles. The average Bonchev–Trinajstić information content (AvgIpc) is 2.80. The Bertz CT molecular complexity index is 821. The minimum atomic E-state index is 0.211. The summed E-state index contributed by atoms with van der Waals surface area (Å²) in [5, 5.41) is 3.62. The first-order valence-corrected chi connectivity index (χ1v) is 13.1. The number of benzene rings is 2. The normalized spacial score (nSPS) is 17.0. The van der Waals surface area contributed by atoms with Gasteiger partial charge >= 0.3 is 0 Å². The summed E-state index contributed by atoms with van der Waals surface area (Å²) in [7, 11) is 1.81. The van der Waals surface area contributed by atoms with Crippen molar-refractivity contribution in [3.63, 3.8) is 0 Å².